The van der Waals surface area contributed by atoms with Crippen LogP contribution in [-0.4, -0.2) is 29.3 Å². The third kappa shape index (κ3) is 5.86. The topological polar surface area (TPSA) is 49.4 Å². The SMILES string of the molecule is CCNC(=O)C(C)N(Cc1c(Cl)cccc1Cl)C(=O)Cc1cccc(Cl)c1. The van der Waals surface area contributed by atoms with E-state index in [2.05, 4.69) is 5.32 Å². The van der Waals surface area contributed by atoms with Crippen LogP contribution in [0.2, 0.25) is 15.1 Å². The summed E-state index contributed by atoms with van der Waals surface area (Å²) in [6.45, 7) is 4.13. The van der Waals surface area contributed by atoms with E-state index in [0.29, 0.717) is 27.2 Å². The average molecular weight is 428 g/mol. The van der Waals surface area contributed by atoms with E-state index in [4.69, 9.17) is 34.8 Å². The minimum Gasteiger partial charge on any atom is -0.355 e. The summed E-state index contributed by atoms with van der Waals surface area (Å²) < 4.78 is 0. The normalized spacial score (nSPS) is 11.7. The Morgan fingerprint density at radius 2 is 1.70 bits per heavy atom. The molecule has 1 atom stereocenters. The molecule has 144 valence electrons. The Kier molecular flexibility index (Phi) is 7.96. The molecule has 2 rings (SSSR count). The minimum absolute atomic E-state index is 0.117. The van der Waals surface area contributed by atoms with E-state index >= 15 is 0 Å². The van der Waals surface area contributed by atoms with Crippen LogP contribution >= 0.6 is 34.8 Å². The maximum atomic E-state index is 13.0. The fraction of sp³-hybridized carbons (Fsp3) is 0.300. The van der Waals surface area contributed by atoms with Crippen molar-refractivity contribution < 1.29 is 9.59 Å². The number of nitrogens with zero attached hydrogens (tertiary/aromatic N) is 1. The number of nitrogens with one attached hydrogen (secondary N) is 1. The Balaban J connectivity index is 2.31. The van der Waals surface area contributed by atoms with Crippen LogP contribution in [0.3, 0.4) is 0 Å². The third-order valence-corrected chi connectivity index (χ3v) is 5.10. The standard InChI is InChI=1S/C20H21Cl3N2O2/c1-3-24-20(27)13(2)25(12-16-17(22)8-5-9-18(16)23)19(26)11-14-6-4-7-15(21)10-14/h4-10,13H,3,11-12H2,1-2H3,(H,24,27). The molecule has 1 unspecified atom stereocenters. The number of carbonyl (C=O) groups excluding carboxylic acids is 2. The lowest BCUT2D eigenvalue weighted by Gasteiger charge is -2.29. The van der Waals surface area contributed by atoms with Crippen molar-refractivity contribution in [2.24, 2.45) is 0 Å². The molecule has 0 saturated heterocycles. The predicted octanol–water partition coefficient (Wildman–Crippen LogP) is 4.74. The van der Waals surface area contributed by atoms with Crippen molar-refractivity contribution in [3.8, 4) is 0 Å². The smallest absolute Gasteiger partial charge is 0.242 e. The van der Waals surface area contributed by atoms with Gasteiger partial charge in [-0.3, -0.25) is 9.59 Å². The van der Waals surface area contributed by atoms with Gasteiger partial charge in [0.1, 0.15) is 6.04 Å². The van der Waals surface area contributed by atoms with Crippen LogP contribution in [0.1, 0.15) is 25.0 Å². The summed E-state index contributed by atoms with van der Waals surface area (Å²) in [5.41, 5.74) is 1.38. The van der Waals surface area contributed by atoms with Crippen LogP contribution in [0.4, 0.5) is 0 Å². The maximum Gasteiger partial charge on any atom is 0.242 e. The van der Waals surface area contributed by atoms with Crippen LogP contribution in [0.25, 0.3) is 0 Å². The maximum absolute atomic E-state index is 13.0. The van der Waals surface area contributed by atoms with E-state index in [9.17, 15) is 9.59 Å². The van der Waals surface area contributed by atoms with Crippen molar-refractivity contribution in [1.29, 1.82) is 0 Å². The highest BCUT2D eigenvalue weighted by Gasteiger charge is 2.27. The molecule has 0 heterocycles. The van der Waals surface area contributed by atoms with Gasteiger partial charge in [-0.05, 0) is 43.7 Å². The molecular formula is C20H21Cl3N2O2. The molecule has 0 aliphatic carbocycles. The van der Waals surface area contributed by atoms with Gasteiger partial charge in [0.2, 0.25) is 11.8 Å². The molecular weight excluding hydrogens is 407 g/mol. The Labute approximate surface area is 174 Å². The molecule has 0 aliphatic heterocycles. The molecule has 7 heteroatoms. The van der Waals surface area contributed by atoms with Crippen LogP contribution in [0.15, 0.2) is 42.5 Å². The monoisotopic (exact) mass is 426 g/mol. The fourth-order valence-electron chi connectivity index (χ4n) is 2.68. The minimum atomic E-state index is -0.677. The van der Waals surface area contributed by atoms with Gasteiger partial charge in [-0.1, -0.05) is 53.0 Å². The van der Waals surface area contributed by atoms with Crippen LogP contribution < -0.4 is 5.32 Å². The zero-order chi connectivity index (χ0) is 20.0. The van der Waals surface area contributed by atoms with Crippen molar-refractivity contribution in [3.05, 3.63) is 68.7 Å². The van der Waals surface area contributed by atoms with Gasteiger partial charge in [0.05, 0.1) is 6.42 Å². The first kappa shape index (κ1) is 21.5. The van der Waals surface area contributed by atoms with Gasteiger partial charge in [0.25, 0.3) is 0 Å². The average Bonchev–Trinajstić information content (AvgIpc) is 2.61. The quantitative estimate of drug-likeness (QED) is 0.693. The van der Waals surface area contributed by atoms with E-state index in [1.807, 2.05) is 13.0 Å². The highest BCUT2D eigenvalue weighted by atomic mass is 35.5. The lowest BCUT2D eigenvalue weighted by molar-refractivity contribution is -0.140. The molecule has 0 fully saturated rings. The molecule has 2 amide bonds. The van der Waals surface area contributed by atoms with Crippen molar-refractivity contribution in [2.45, 2.75) is 32.9 Å². The lowest BCUT2D eigenvalue weighted by atomic mass is 10.1. The second-order valence-corrected chi connectivity index (χ2v) is 7.35. The molecule has 2 aromatic carbocycles. The first-order valence-electron chi connectivity index (χ1n) is 8.58. The molecule has 4 nitrogen and oxygen atoms in total. The van der Waals surface area contributed by atoms with Crippen molar-refractivity contribution in [1.82, 2.24) is 10.2 Å². The molecule has 0 saturated carbocycles. The fourth-order valence-corrected chi connectivity index (χ4v) is 3.41. The van der Waals surface area contributed by atoms with Gasteiger partial charge in [0.15, 0.2) is 0 Å². The number of amides is 2. The zero-order valence-electron chi connectivity index (χ0n) is 15.1. The molecule has 0 spiro atoms. The molecule has 0 aliphatic rings. The van der Waals surface area contributed by atoms with E-state index in [-0.39, 0.29) is 24.8 Å². The van der Waals surface area contributed by atoms with E-state index < -0.39 is 6.04 Å². The molecule has 2 aromatic rings. The summed E-state index contributed by atoms with van der Waals surface area (Å²) >= 11 is 18.5. The number of hydrogen-bond acceptors (Lipinski definition) is 2. The highest BCUT2D eigenvalue weighted by molar-refractivity contribution is 6.36. The van der Waals surface area contributed by atoms with Gasteiger partial charge in [-0.15, -0.1) is 0 Å². The largest absolute Gasteiger partial charge is 0.355 e. The summed E-state index contributed by atoms with van der Waals surface area (Å²) in [5.74, 6) is -0.452. The van der Waals surface area contributed by atoms with Gasteiger partial charge in [-0.2, -0.15) is 0 Å². The summed E-state index contributed by atoms with van der Waals surface area (Å²) in [7, 11) is 0. The highest BCUT2D eigenvalue weighted by Crippen LogP contribution is 2.27. The summed E-state index contributed by atoms with van der Waals surface area (Å²) in [4.78, 5) is 26.9. The van der Waals surface area contributed by atoms with Crippen molar-refractivity contribution in [3.63, 3.8) is 0 Å². The van der Waals surface area contributed by atoms with E-state index in [1.54, 1.807) is 43.3 Å². The number of rotatable bonds is 7. The molecule has 27 heavy (non-hydrogen) atoms. The summed E-state index contributed by atoms with van der Waals surface area (Å²) in [6.07, 6.45) is 0.117. The van der Waals surface area contributed by atoms with Gasteiger partial charge in [0, 0.05) is 33.7 Å². The molecule has 0 radical (unpaired) electrons. The van der Waals surface area contributed by atoms with Crippen molar-refractivity contribution in [2.75, 3.05) is 6.54 Å². The lowest BCUT2D eigenvalue weighted by Crippen LogP contribution is -2.48. The summed E-state index contributed by atoms with van der Waals surface area (Å²) in [5, 5.41) is 4.20. The zero-order valence-corrected chi connectivity index (χ0v) is 17.4. The summed E-state index contributed by atoms with van der Waals surface area (Å²) in [6, 6.07) is 11.6. The molecule has 0 aromatic heterocycles. The Hall–Kier alpha value is -1.75. The number of likely N-dealkylation sites (N-methyl/N-ethyl adjacent to an activating group) is 1. The number of halogens is 3. The van der Waals surface area contributed by atoms with Gasteiger partial charge >= 0.3 is 0 Å². The Morgan fingerprint density at radius 1 is 1.07 bits per heavy atom. The van der Waals surface area contributed by atoms with E-state index in [1.165, 1.54) is 4.90 Å². The molecule has 1 N–H and O–H groups in total. The predicted molar refractivity (Wildman–Crippen MR) is 110 cm³/mol. The van der Waals surface area contributed by atoms with Gasteiger partial charge < -0.3 is 10.2 Å². The van der Waals surface area contributed by atoms with Crippen LogP contribution in [0, 0.1) is 0 Å². The first-order chi connectivity index (χ1) is 12.8. The van der Waals surface area contributed by atoms with E-state index in [0.717, 1.165) is 5.56 Å². The second kappa shape index (κ2) is 9.98. The van der Waals surface area contributed by atoms with Gasteiger partial charge in [-0.25, -0.2) is 0 Å². The number of carbonyl (C=O) groups is 2. The number of benzene rings is 2. The Bertz CT molecular complexity index is 806. The second-order valence-electron chi connectivity index (χ2n) is 6.10. The Morgan fingerprint density at radius 3 is 2.30 bits per heavy atom. The molecule has 0 bridgehead atoms. The first-order valence-corrected chi connectivity index (χ1v) is 9.71. The van der Waals surface area contributed by atoms with Crippen molar-refractivity contribution >= 4 is 46.6 Å². The third-order valence-electron chi connectivity index (χ3n) is 4.15. The van der Waals surface area contributed by atoms with Crippen LogP contribution in [-0.2, 0) is 22.6 Å². The van der Waals surface area contributed by atoms with Crippen LogP contribution in [0.5, 0.6) is 0 Å². The number of hydrogen-bond donors (Lipinski definition) is 1.